The predicted molar refractivity (Wildman–Crippen MR) is 100 cm³/mol. The molecule has 0 aliphatic rings. The molecule has 2 aromatic carbocycles. The summed E-state index contributed by atoms with van der Waals surface area (Å²) in [6, 6.07) is 17.8. The van der Waals surface area contributed by atoms with Crippen molar-refractivity contribution in [3.63, 3.8) is 0 Å². The maximum atomic E-state index is 12.7. The van der Waals surface area contributed by atoms with Gasteiger partial charge in [0.2, 0.25) is 0 Å². The zero-order chi connectivity index (χ0) is 18.7. The van der Waals surface area contributed by atoms with Crippen LogP contribution in [-0.4, -0.2) is 20.1 Å². The van der Waals surface area contributed by atoms with Crippen molar-refractivity contribution in [3.05, 3.63) is 88.3 Å². The van der Waals surface area contributed by atoms with E-state index >= 15 is 0 Å². The predicted octanol–water partition coefficient (Wildman–Crippen LogP) is 3.41. The van der Waals surface area contributed by atoms with E-state index in [1.807, 2.05) is 4.72 Å². The Labute approximate surface area is 155 Å². The van der Waals surface area contributed by atoms with Gasteiger partial charge in [-0.3, -0.25) is 9.59 Å². The summed E-state index contributed by atoms with van der Waals surface area (Å²) in [5.41, 5.74) is 0.580. The molecule has 0 fully saturated rings. The molecule has 0 atom stereocenters. The lowest BCUT2D eigenvalue weighted by molar-refractivity contribution is 0.0966. The minimum absolute atomic E-state index is 0.0122. The van der Waals surface area contributed by atoms with Crippen LogP contribution in [-0.2, 0) is 10.0 Å². The second kappa shape index (κ2) is 7.23. The molecule has 0 unspecified atom stereocenters. The average molecular weight is 385 g/mol. The number of carbonyl (C=O) groups excluding carboxylic acids is 2. The Morgan fingerprint density at radius 1 is 0.846 bits per heavy atom. The lowest BCUT2D eigenvalue weighted by Crippen LogP contribution is -2.31. The molecule has 0 aliphatic heterocycles. The first-order valence-corrected chi connectivity index (χ1v) is 10.0. The Kier molecular flexibility index (Phi) is 5.01. The van der Waals surface area contributed by atoms with Gasteiger partial charge in [0.15, 0.2) is 5.78 Å². The van der Waals surface area contributed by atoms with E-state index in [0.717, 1.165) is 16.2 Å². The number of aryl methyl sites for hydroxylation is 1. The highest BCUT2D eigenvalue weighted by atomic mass is 32.2. The zero-order valence-corrected chi connectivity index (χ0v) is 15.4. The summed E-state index contributed by atoms with van der Waals surface area (Å²) in [4.78, 5) is 26.1. The highest BCUT2D eigenvalue weighted by molar-refractivity contribution is 7.92. The minimum atomic E-state index is -3.99. The largest absolute Gasteiger partial charge is 0.289 e. The van der Waals surface area contributed by atoms with Crippen LogP contribution in [0.25, 0.3) is 0 Å². The van der Waals surface area contributed by atoms with E-state index in [1.54, 1.807) is 55.5 Å². The molecule has 3 aromatic rings. The molecule has 1 heterocycles. The fraction of sp³-hybridized carbons (Fsp3) is 0.0526. The molecule has 0 saturated heterocycles. The molecule has 1 aromatic heterocycles. The van der Waals surface area contributed by atoms with Gasteiger partial charge >= 0.3 is 0 Å². The fourth-order valence-electron chi connectivity index (χ4n) is 2.41. The smallest absolute Gasteiger partial charge is 0.273 e. The molecular formula is C19H15NO4S2. The number of benzene rings is 2. The van der Waals surface area contributed by atoms with Gasteiger partial charge < -0.3 is 0 Å². The van der Waals surface area contributed by atoms with Gasteiger partial charge in [-0.2, -0.15) is 0 Å². The summed E-state index contributed by atoms with van der Waals surface area (Å²) in [7, 11) is -3.99. The Bertz CT molecular complexity index is 1070. The van der Waals surface area contributed by atoms with Gasteiger partial charge in [0.25, 0.3) is 15.9 Å². The number of carbonyl (C=O) groups is 2. The maximum absolute atomic E-state index is 12.7. The molecule has 0 aliphatic carbocycles. The summed E-state index contributed by atoms with van der Waals surface area (Å²) in [5, 5.41) is 0. The summed E-state index contributed by atoms with van der Waals surface area (Å²) in [5.74, 6) is -1.18. The number of hydrogen-bond acceptors (Lipinski definition) is 5. The van der Waals surface area contributed by atoms with Crippen LogP contribution in [0.1, 0.15) is 31.2 Å². The standard InChI is InChI=1S/C19H15NO4S2/c1-13-11-12-17(25-13)26(23,24)20-19(22)16-10-6-5-9-15(16)18(21)14-7-3-2-4-8-14/h2-12H,1H3,(H,20,22). The molecule has 26 heavy (non-hydrogen) atoms. The Hall–Kier alpha value is -2.77. The monoisotopic (exact) mass is 385 g/mol. The highest BCUT2D eigenvalue weighted by Gasteiger charge is 2.24. The number of rotatable bonds is 5. The van der Waals surface area contributed by atoms with Gasteiger partial charge in [-0.05, 0) is 25.1 Å². The van der Waals surface area contributed by atoms with Crippen LogP contribution >= 0.6 is 11.3 Å². The summed E-state index contributed by atoms with van der Waals surface area (Å²) in [6.07, 6.45) is 0. The first-order valence-electron chi connectivity index (χ1n) is 7.71. The number of ketones is 1. The summed E-state index contributed by atoms with van der Waals surface area (Å²) in [6.45, 7) is 1.78. The molecule has 132 valence electrons. The minimum Gasteiger partial charge on any atom is -0.289 e. The quantitative estimate of drug-likeness (QED) is 0.683. The van der Waals surface area contributed by atoms with E-state index in [-0.39, 0.29) is 21.1 Å². The van der Waals surface area contributed by atoms with Gasteiger partial charge in [0.1, 0.15) is 4.21 Å². The molecule has 7 heteroatoms. The van der Waals surface area contributed by atoms with Crippen molar-refractivity contribution in [2.75, 3.05) is 0 Å². The van der Waals surface area contributed by atoms with E-state index in [2.05, 4.69) is 0 Å². The molecule has 5 nitrogen and oxygen atoms in total. The van der Waals surface area contributed by atoms with Crippen molar-refractivity contribution >= 4 is 33.1 Å². The highest BCUT2D eigenvalue weighted by Crippen LogP contribution is 2.21. The third kappa shape index (κ3) is 3.74. The third-order valence-electron chi connectivity index (χ3n) is 3.66. The van der Waals surface area contributed by atoms with Gasteiger partial charge in [0, 0.05) is 16.0 Å². The second-order valence-electron chi connectivity index (χ2n) is 5.54. The van der Waals surface area contributed by atoms with E-state index in [1.165, 1.54) is 18.2 Å². The molecular weight excluding hydrogens is 370 g/mol. The van der Waals surface area contributed by atoms with E-state index in [9.17, 15) is 18.0 Å². The second-order valence-corrected chi connectivity index (χ2v) is 8.74. The van der Waals surface area contributed by atoms with Gasteiger partial charge in [0.05, 0.1) is 5.56 Å². The summed E-state index contributed by atoms with van der Waals surface area (Å²) >= 11 is 1.07. The van der Waals surface area contributed by atoms with E-state index < -0.39 is 15.9 Å². The van der Waals surface area contributed by atoms with Crippen LogP contribution in [0.4, 0.5) is 0 Å². The molecule has 0 spiro atoms. The lowest BCUT2D eigenvalue weighted by atomic mass is 9.98. The van der Waals surface area contributed by atoms with Crippen molar-refractivity contribution in [1.82, 2.24) is 4.72 Å². The van der Waals surface area contributed by atoms with Gasteiger partial charge in [-0.25, -0.2) is 13.1 Å². The molecule has 0 bridgehead atoms. The Morgan fingerprint density at radius 2 is 1.46 bits per heavy atom. The van der Waals surface area contributed by atoms with Crippen LogP contribution in [0, 0.1) is 6.92 Å². The van der Waals surface area contributed by atoms with E-state index in [4.69, 9.17) is 0 Å². The van der Waals surface area contributed by atoms with Crippen LogP contribution in [0.3, 0.4) is 0 Å². The number of thiophene rings is 1. The van der Waals surface area contributed by atoms with Crippen LogP contribution in [0.15, 0.2) is 70.9 Å². The van der Waals surface area contributed by atoms with Crippen molar-refractivity contribution in [3.8, 4) is 0 Å². The zero-order valence-electron chi connectivity index (χ0n) is 13.8. The van der Waals surface area contributed by atoms with Gasteiger partial charge in [-0.1, -0.05) is 48.5 Å². The number of hydrogen-bond donors (Lipinski definition) is 1. The van der Waals surface area contributed by atoms with Crippen molar-refractivity contribution in [2.24, 2.45) is 0 Å². The normalized spacial score (nSPS) is 11.1. The Morgan fingerprint density at radius 3 is 2.08 bits per heavy atom. The average Bonchev–Trinajstić information content (AvgIpc) is 3.09. The third-order valence-corrected chi connectivity index (χ3v) is 6.48. The topological polar surface area (TPSA) is 80.3 Å². The van der Waals surface area contributed by atoms with Crippen molar-refractivity contribution in [1.29, 1.82) is 0 Å². The number of nitrogens with one attached hydrogen (secondary N) is 1. The molecule has 0 saturated carbocycles. The molecule has 1 N–H and O–H groups in total. The number of amides is 1. The van der Waals surface area contributed by atoms with Crippen molar-refractivity contribution in [2.45, 2.75) is 11.1 Å². The van der Waals surface area contributed by atoms with Crippen LogP contribution in [0.5, 0.6) is 0 Å². The molecule has 0 radical (unpaired) electrons. The maximum Gasteiger partial charge on any atom is 0.273 e. The molecule has 1 amide bonds. The lowest BCUT2D eigenvalue weighted by Gasteiger charge is -2.09. The number of sulfonamides is 1. The first-order chi connectivity index (χ1) is 12.4. The summed E-state index contributed by atoms with van der Waals surface area (Å²) < 4.78 is 26.8. The van der Waals surface area contributed by atoms with Crippen LogP contribution < -0.4 is 4.72 Å². The van der Waals surface area contributed by atoms with Crippen molar-refractivity contribution < 1.29 is 18.0 Å². The van der Waals surface area contributed by atoms with Gasteiger partial charge in [-0.15, -0.1) is 11.3 Å². The SMILES string of the molecule is Cc1ccc(S(=O)(=O)NC(=O)c2ccccc2C(=O)c2ccccc2)s1. The first kappa shape index (κ1) is 18.0. The molecule has 3 rings (SSSR count). The Balaban J connectivity index is 1.93. The van der Waals surface area contributed by atoms with E-state index in [0.29, 0.717) is 5.56 Å². The fourth-order valence-corrected chi connectivity index (χ4v) is 4.66. The van der Waals surface area contributed by atoms with Crippen LogP contribution in [0.2, 0.25) is 0 Å².